The molecule has 0 saturated carbocycles. The maximum absolute atomic E-state index is 11.2. The van der Waals surface area contributed by atoms with Crippen molar-refractivity contribution in [2.24, 2.45) is 0 Å². The number of aliphatic carboxylic acids is 1. The zero-order valence-electron chi connectivity index (χ0n) is 10.8. The van der Waals surface area contributed by atoms with Gasteiger partial charge in [0.2, 0.25) is 0 Å². The first-order chi connectivity index (χ1) is 9.58. The molecule has 0 unspecified atom stereocenters. The Bertz CT molecular complexity index is 616. The minimum absolute atomic E-state index is 0.169. The fourth-order valence-electron chi connectivity index (χ4n) is 2.18. The van der Waals surface area contributed by atoms with Gasteiger partial charge in [0.1, 0.15) is 6.54 Å². The third-order valence-electron chi connectivity index (χ3n) is 3.11. The lowest BCUT2D eigenvalue weighted by Crippen LogP contribution is -2.13. The van der Waals surface area contributed by atoms with Crippen molar-refractivity contribution in [3.63, 3.8) is 0 Å². The number of hydrogen-bond acceptors (Lipinski definition) is 2. The van der Waals surface area contributed by atoms with E-state index in [9.17, 15) is 9.59 Å². The first kappa shape index (κ1) is 13.9. The molecule has 0 bridgehead atoms. The van der Waals surface area contributed by atoms with E-state index < -0.39 is 11.9 Å². The number of aryl methyl sites for hydroxylation is 1. The molecule has 0 aliphatic heterocycles. The third-order valence-corrected chi connectivity index (χ3v) is 3.11. The van der Waals surface area contributed by atoms with E-state index in [4.69, 9.17) is 10.2 Å². The lowest BCUT2D eigenvalue weighted by Gasteiger charge is -2.08. The molecule has 2 rings (SSSR count). The monoisotopic (exact) mass is 273 g/mol. The molecule has 0 fully saturated rings. The van der Waals surface area contributed by atoms with Gasteiger partial charge in [-0.15, -0.1) is 0 Å². The van der Waals surface area contributed by atoms with Crippen LogP contribution in [0.5, 0.6) is 0 Å². The number of aromatic carboxylic acids is 1. The number of hydrogen-bond donors (Lipinski definition) is 2. The summed E-state index contributed by atoms with van der Waals surface area (Å²) in [6.45, 7) is -0.225. The van der Waals surface area contributed by atoms with Crippen LogP contribution in [0.15, 0.2) is 42.6 Å². The molecule has 2 N–H and O–H groups in total. The van der Waals surface area contributed by atoms with Crippen LogP contribution in [0.1, 0.15) is 21.6 Å². The largest absolute Gasteiger partial charge is 0.480 e. The number of nitrogens with zero attached hydrogens (tertiary/aromatic N) is 1. The van der Waals surface area contributed by atoms with Gasteiger partial charge in [0.05, 0.1) is 5.56 Å². The van der Waals surface area contributed by atoms with Gasteiger partial charge >= 0.3 is 11.9 Å². The normalized spacial score (nSPS) is 10.4. The van der Waals surface area contributed by atoms with E-state index in [0.717, 1.165) is 5.56 Å². The minimum Gasteiger partial charge on any atom is -0.480 e. The summed E-state index contributed by atoms with van der Waals surface area (Å²) in [6, 6.07) is 11.1. The molecule has 2 aromatic rings. The minimum atomic E-state index is -1.03. The SMILES string of the molecule is O=C(O)Cn1ccc(C(=O)O)c1CCc1ccccc1. The van der Waals surface area contributed by atoms with Crippen molar-refractivity contribution in [1.82, 2.24) is 4.57 Å². The van der Waals surface area contributed by atoms with Gasteiger partial charge in [-0.1, -0.05) is 30.3 Å². The van der Waals surface area contributed by atoms with Crippen LogP contribution >= 0.6 is 0 Å². The zero-order valence-corrected chi connectivity index (χ0v) is 10.8. The van der Waals surface area contributed by atoms with Gasteiger partial charge in [-0.05, 0) is 24.5 Å². The summed E-state index contributed by atoms with van der Waals surface area (Å²) in [6.07, 6.45) is 2.68. The fraction of sp³-hybridized carbons (Fsp3) is 0.200. The molecule has 1 aromatic heterocycles. The highest BCUT2D eigenvalue weighted by atomic mass is 16.4. The highest BCUT2D eigenvalue weighted by Crippen LogP contribution is 2.15. The van der Waals surface area contributed by atoms with Gasteiger partial charge < -0.3 is 14.8 Å². The smallest absolute Gasteiger partial charge is 0.337 e. The van der Waals surface area contributed by atoms with Crippen molar-refractivity contribution in [2.75, 3.05) is 0 Å². The molecule has 104 valence electrons. The molecule has 0 radical (unpaired) electrons. The fourth-order valence-corrected chi connectivity index (χ4v) is 2.18. The van der Waals surface area contributed by atoms with Crippen LogP contribution < -0.4 is 0 Å². The van der Waals surface area contributed by atoms with Crippen LogP contribution in [0.25, 0.3) is 0 Å². The lowest BCUT2D eigenvalue weighted by atomic mass is 10.1. The predicted molar refractivity (Wildman–Crippen MR) is 72.9 cm³/mol. The summed E-state index contributed by atoms with van der Waals surface area (Å²) in [5, 5.41) is 18.0. The number of aromatic nitrogens is 1. The maximum Gasteiger partial charge on any atom is 0.337 e. The third kappa shape index (κ3) is 3.26. The van der Waals surface area contributed by atoms with Crippen LogP contribution in [-0.2, 0) is 24.2 Å². The quantitative estimate of drug-likeness (QED) is 0.844. The van der Waals surface area contributed by atoms with Crippen molar-refractivity contribution in [3.05, 3.63) is 59.4 Å². The maximum atomic E-state index is 11.2. The average molecular weight is 273 g/mol. The molecule has 0 saturated heterocycles. The molecular formula is C15H15NO4. The van der Waals surface area contributed by atoms with Crippen LogP contribution in [0.4, 0.5) is 0 Å². The molecule has 1 heterocycles. The average Bonchev–Trinajstić information content (AvgIpc) is 2.80. The van der Waals surface area contributed by atoms with Crippen molar-refractivity contribution in [2.45, 2.75) is 19.4 Å². The topological polar surface area (TPSA) is 79.5 Å². The molecule has 0 aliphatic rings. The van der Waals surface area contributed by atoms with Gasteiger partial charge in [0.15, 0.2) is 0 Å². The number of carbonyl (C=O) groups is 2. The summed E-state index contributed by atoms with van der Waals surface area (Å²) >= 11 is 0. The van der Waals surface area contributed by atoms with E-state index in [-0.39, 0.29) is 12.1 Å². The highest BCUT2D eigenvalue weighted by Gasteiger charge is 2.16. The summed E-state index contributed by atoms with van der Waals surface area (Å²) in [4.78, 5) is 22.0. The Morgan fingerprint density at radius 1 is 1.00 bits per heavy atom. The molecule has 20 heavy (non-hydrogen) atoms. The number of rotatable bonds is 6. The van der Waals surface area contributed by atoms with Crippen LogP contribution in [0.2, 0.25) is 0 Å². The van der Waals surface area contributed by atoms with E-state index in [2.05, 4.69) is 0 Å². The Hall–Kier alpha value is -2.56. The summed E-state index contributed by atoms with van der Waals surface area (Å²) < 4.78 is 1.48. The second kappa shape index (κ2) is 6.06. The summed E-state index contributed by atoms with van der Waals surface area (Å²) in [5.41, 5.74) is 1.80. The molecule has 5 heteroatoms. The summed E-state index contributed by atoms with van der Waals surface area (Å²) in [5.74, 6) is -2.02. The number of benzene rings is 1. The predicted octanol–water partition coefficient (Wildman–Crippen LogP) is 2.06. The first-order valence-electron chi connectivity index (χ1n) is 6.25. The molecule has 0 atom stereocenters. The van der Waals surface area contributed by atoms with E-state index >= 15 is 0 Å². The molecule has 5 nitrogen and oxygen atoms in total. The molecule has 0 aliphatic carbocycles. The van der Waals surface area contributed by atoms with Crippen LogP contribution in [0, 0.1) is 0 Å². The second-order valence-corrected chi connectivity index (χ2v) is 4.49. The molecule has 0 spiro atoms. The highest BCUT2D eigenvalue weighted by molar-refractivity contribution is 5.89. The molecular weight excluding hydrogens is 258 g/mol. The van der Waals surface area contributed by atoms with Crippen molar-refractivity contribution >= 4 is 11.9 Å². The van der Waals surface area contributed by atoms with Crippen molar-refractivity contribution < 1.29 is 19.8 Å². The lowest BCUT2D eigenvalue weighted by molar-refractivity contribution is -0.137. The van der Waals surface area contributed by atoms with Crippen LogP contribution in [-0.4, -0.2) is 26.7 Å². The van der Waals surface area contributed by atoms with Gasteiger partial charge in [-0.3, -0.25) is 4.79 Å². The van der Waals surface area contributed by atoms with E-state index in [0.29, 0.717) is 18.5 Å². The Morgan fingerprint density at radius 3 is 2.30 bits per heavy atom. The van der Waals surface area contributed by atoms with Gasteiger partial charge in [0, 0.05) is 11.9 Å². The Balaban J connectivity index is 2.21. The Labute approximate surface area is 116 Å². The Morgan fingerprint density at radius 2 is 1.70 bits per heavy atom. The van der Waals surface area contributed by atoms with E-state index in [1.54, 1.807) is 0 Å². The number of carboxylic acid groups (broad SMARTS) is 2. The molecule has 0 amide bonds. The van der Waals surface area contributed by atoms with Crippen molar-refractivity contribution in [3.8, 4) is 0 Å². The Kier molecular flexibility index (Phi) is 4.20. The summed E-state index contributed by atoms with van der Waals surface area (Å²) in [7, 11) is 0. The standard InChI is InChI=1S/C15H15NO4/c17-14(18)10-16-9-8-12(15(19)20)13(16)7-6-11-4-2-1-3-5-11/h1-5,8-9H,6-7,10H2,(H,17,18)(H,19,20). The van der Waals surface area contributed by atoms with Gasteiger partial charge in [-0.2, -0.15) is 0 Å². The first-order valence-corrected chi connectivity index (χ1v) is 6.25. The second-order valence-electron chi connectivity index (χ2n) is 4.49. The van der Waals surface area contributed by atoms with E-state index in [1.807, 2.05) is 30.3 Å². The van der Waals surface area contributed by atoms with E-state index in [1.165, 1.54) is 16.8 Å². The van der Waals surface area contributed by atoms with Crippen molar-refractivity contribution in [1.29, 1.82) is 0 Å². The van der Waals surface area contributed by atoms with Crippen LogP contribution in [0.3, 0.4) is 0 Å². The molecule has 1 aromatic carbocycles. The van der Waals surface area contributed by atoms with Gasteiger partial charge in [0.25, 0.3) is 0 Å². The van der Waals surface area contributed by atoms with Gasteiger partial charge in [-0.25, -0.2) is 4.79 Å². The zero-order chi connectivity index (χ0) is 14.5. The number of carboxylic acids is 2.